The van der Waals surface area contributed by atoms with Gasteiger partial charge < -0.3 is 4.74 Å². The summed E-state index contributed by atoms with van der Waals surface area (Å²) in [5.41, 5.74) is 0. The third-order valence-electron chi connectivity index (χ3n) is 1.54. The molecule has 0 aromatic heterocycles. The van der Waals surface area contributed by atoms with E-state index in [2.05, 4.69) is 4.74 Å². The van der Waals surface area contributed by atoms with Crippen LogP contribution in [0.3, 0.4) is 0 Å². The lowest BCUT2D eigenvalue weighted by Crippen LogP contribution is -2.08. The molecule has 3 nitrogen and oxygen atoms in total. The van der Waals surface area contributed by atoms with Crippen molar-refractivity contribution in [2.75, 3.05) is 0 Å². The Balaban J connectivity index is 2.04. The minimum atomic E-state index is -0.518. The number of carbonyl (C=O) groups excluding carboxylic acids is 2. The molecule has 1 radical (unpaired) electrons. The van der Waals surface area contributed by atoms with Gasteiger partial charge in [0.25, 0.3) is 0 Å². The number of rotatable bonds is 3. The molecule has 0 saturated heterocycles. The number of esters is 2. The maximum atomic E-state index is 10.7. The van der Waals surface area contributed by atoms with Gasteiger partial charge in [-0.25, -0.2) is 0 Å². The predicted octanol–water partition coefficient (Wildman–Crippen LogP) is 1.22. The molecule has 0 aromatic rings. The lowest BCUT2D eigenvalue weighted by molar-refractivity contribution is -0.158. The molecule has 0 N–H and O–H groups in total. The molecular formula is C8H11O3. The van der Waals surface area contributed by atoms with Crippen LogP contribution in [0, 0.1) is 5.92 Å². The van der Waals surface area contributed by atoms with Gasteiger partial charge in [0, 0.05) is 13.3 Å². The van der Waals surface area contributed by atoms with E-state index in [0.717, 1.165) is 19.3 Å². The SMILES string of the molecule is CC(=O)OC(=O)CC[C]1CC1. The molecule has 0 aliphatic heterocycles. The van der Waals surface area contributed by atoms with Gasteiger partial charge in [0.05, 0.1) is 0 Å². The summed E-state index contributed by atoms with van der Waals surface area (Å²) in [6.45, 7) is 1.24. The third kappa shape index (κ3) is 3.75. The molecule has 1 aliphatic carbocycles. The van der Waals surface area contributed by atoms with E-state index in [9.17, 15) is 9.59 Å². The highest BCUT2D eigenvalue weighted by atomic mass is 16.6. The Morgan fingerprint density at radius 2 is 2.09 bits per heavy atom. The zero-order valence-corrected chi connectivity index (χ0v) is 6.55. The average molecular weight is 155 g/mol. The van der Waals surface area contributed by atoms with Crippen LogP contribution in [0.1, 0.15) is 32.6 Å². The van der Waals surface area contributed by atoms with Gasteiger partial charge >= 0.3 is 11.9 Å². The van der Waals surface area contributed by atoms with Crippen molar-refractivity contribution in [3.63, 3.8) is 0 Å². The fourth-order valence-electron chi connectivity index (χ4n) is 0.829. The summed E-state index contributed by atoms with van der Waals surface area (Å²) in [5.74, 6) is 0.484. The summed E-state index contributed by atoms with van der Waals surface area (Å²) >= 11 is 0. The van der Waals surface area contributed by atoms with E-state index in [1.807, 2.05) is 0 Å². The first kappa shape index (κ1) is 8.24. The highest BCUT2D eigenvalue weighted by Crippen LogP contribution is 2.36. The van der Waals surface area contributed by atoms with E-state index < -0.39 is 11.9 Å². The number of hydrogen-bond acceptors (Lipinski definition) is 3. The van der Waals surface area contributed by atoms with Gasteiger partial charge in [-0.15, -0.1) is 0 Å². The molecule has 0 unspecified atom stereocenters. The zero-order chi connectivity index (χ0) is 8.27. The minimum absolute atomic E-state index is 0.356. The normalized spacial score (nSPS) is 16.1. The Morgan fingerprint density at radius 3 is 2.55 bits per heavy atom. The summed E-state index contributed by atoms with van der Waals surface area (Å²) in [5, 5.41) is 0. The highest BCUT2D eigenvalue weighted by Gasteiger charge is 2.23. The van der Waals surface area contributed by atoms with E-state index in [0.29, 0.717) is 6.42 Å². The van der Waals surface area contributed by atoms with Crippen molar-refractivity contribution in [2.45, 2.75) is 32.6 Å². The first-order valence-corrected chi connectivity index (χ1v) is 3.73. The van der Waals surface area contributed by atoms with Gasteiger partial charge in [-0.1, -0.05) is 0 Å². The maximum Gasteiger partial charge on any atom is 0.313 e. The van der Waals surface area contributed by atoms with Crippen LogP contribution in [0.15, 0.2) is 0 Å². The topological polar surface area (TPSA) is 43.4 Å². The molecule has 0 heterocycles. The lowest BCUT2D eigenvalue weighted by atomic mass is 10.2. The van der Waals surface area contributed by atoms with Gasteiger partial charge in [0.15, 0.2) is 0 Å². The average Bonchev–Trinajstić information content (AvgIpc) is 2.63. The van der Waals surface area contributed by atoms with Gasteiger partial charge in [-0.05, 0) is 25.2 Å². The zero-order valence-electron chi connectivity index (χ0n) is 6.55. The van der Waals surface area contributed by atoms with E-state index >= 15 is 0 Å². The molecule has 0 aromatic carbocycles. The Morgan fingerprint density at radius 1 is 1.45 bits per heavy atom. The second-order valence-electron chi connectivity index (χ2n) is 2.72. The van der Waals surface area contributed by atoms with Crippen LogP contribution in [0.2, 0.25) is 0 Å². The molecular weight excluding hydrogens is 144 g/mol. The van der Waals surface area contributed by atoms with Crippen LogP contribution in [0.25, 0.3) is 0 Å². The molecule has 1 fully saturated rings. The molecule has 0 atom stereocenters. The van der Waals surface area contributed by atoms with Crippen molar-refractivity contribution < 1.29 is 14.3 Å². The summed E-state index contributed by atoms with van der Waals surface area (Å²) < 4.78 is 4.34. The molecule has 3 heteroatoms. The Hall–Kier alpha value is -0.860. The molecule has 11 heavy (non-hydrogen) atoms. The van der Waals surface area contributed by atoms with E-state index in [1.54, 1.807) is 0 Å². The van der Waals surface area contributed by atoms with Crippen molar-refractivity contribution in [3.8, 4) is 0 Å². The van der Waals surface area contributed by atoms with Crippen LogP contribution in [0.4, 0.5) is 0 Å². The van der Waals surface area contributed by atoms with Crippen molar-refractivity contribution in [1.82, 2.24) is 0 Å². The van der Waals surface area contributed by atoms with Crippen molar-refractivity contribution in [1.29, 1.82) is 0 Å². The van der Waals surface area contributed by atoms with Crippen LogP contribution >= 0.6 is 0 Å². The monoisotopic (exact) mass is 155 g/mol. The van der Waals surface area contributed by atoms with Crippen LogP contribution in [-0.4, -0.2) is 11.9 Å². The first-order chi connectivity index (χ1) is 5.18. The third-order valence-corrected chi connectivity index (χ3v) is 1.54. The lowest BCUT2D eigenvalue weighted by Gasteiger charge is -1.97. The second kappa shape index (κ2) is 3.51. The summed E-state index contributed by atoms with van der Waals surface area (Å²) in [4.78, 5) is 21.0. The molecule has 0 spiro atoms. The molecule has 0 bridgehead atoms. The number of ether oxygens (including phenoxy) is 1. The maximum absolute atomic E-state index is 10.7. The fraction of sp³-hybridized carbons (Fsp3) is 0.625. The minimum Gasteiger partial charge on any atom is -0.393 e. The Labute approximate surface area is 65.7 Å². The van der Waals surface area contributed by atoms with Gasteiger partial charge in [-0.3, -0.25) is 9.59 Å². The number of carbonyl (C=O) groups is 2. The van der Waals surface area contributed by atoms with Gasteiger partial charge in [0.1, 0.15) is 0 Å². The smallest absolute Gasteiger partial charge is 0.313 e. The first-order valence-electron chi connectivity index (χ1n) is 3.73. The molecule has 0 amide bonds. The van der Waals surface area contributed by atoms with Crippen LogP contribution in [0.5, 0.6) is 0 Å². The Kier molecular flexibility index (Phi) is 2.63. The van der Waals surface area contributed by atoms with Crippen molar-refractivity contribution in [2.24, 2.45) is 0 Å². The van der Waals surface area contributed by atoms with E-state index in [1.165, 1.54) is 12.8 Å². The van der Waals surface area contributed by atoms with Crippen molar-refractivity contribution in [3.05, 3.63) is 5.92 Å². The fourth-order valence-corrected chi connectivity index (χ4v) is 0.829. The van der Waals surface area contributed by atoms with Crippen LogP contribution < -0.4 is 0 Å². The molecule has 1 aliphatic rings. The number of hydrogen-bond donors (Lipinski definition) is 0. The second-order valence-corrected chi connectivity index (χ2v) is 2.72. The molecule has 1 saturated carbocycles. The van der Waals surface area contributed by atoms with Gasteiger partial charge in [0.2, 0.25) is 0 Å². The predicted molar refractivity (Wildman–Crippen MR) is 38.5 cm³/mol. The van der Waals surface area contributed by atoms with E-state index in [4.69, 9.17) is 0 Å². The van der Waals surface area contributed by atoms with Crippen LogP contribution in [-0.2, 0) is 14.3 Å². The Bertz CT molecular complexity index is 170. The standard InChI is InChI=1S/C8H11O3/c1-6(9)11-8(10)5-4-7-2-3-7/h2-5H2,1H3. The highest BCUT2D eigenvalue weighted by molar-refractivity contribution is 5.84. The largest absolute Gasteiger partial charge is 0.393 e. The van der Waals surface area contributed by atoms with Gasteiger partial charge in [-0.2, -0.15) is 0 Å². The molecule has 1 rings (SSSR count). The summed E-state index contributed by atoms with van der Waals surface area (Å²) in [7, 11) is 0. The molecule has 61 valence electrons. The summed E-state index contributed by atoms with van der Waals surface area (Å²) in [6.07, 6.45) is 3.45. The van der Waals surface area contributed by atoms with Crippen molar-refractivity contribution >= 4 is 11.9 Å². The van der Waals surface area contributed by atoms with E-state index in [-0.39, 0.29) is 0 Å². The quantitative estimate of drug-likeness (QED) is 0.454. The summed E-state index contributed by atoms with van der Waals surface area (Å²) in [6, 6.07) is 0.